The van der Waals surface area contributed by atoms with Crippen LogP contribution in [0.2, 0.25) is 16.6 Å². The molecule has 1 aliphatic carbocycles. The standard InChI is InChI=1S/C65H82F2N10O6Si/c1-40(2)84(41(3)4,42(5)6)31-21-49-54(66)16-13-47-33-48(83-39-81-8)35-52(58(47)49)61-59(67)62-53(36-68-61)63(77-37-43-10-11-44(32-43)38-77)71-65(70-62)82-30-9-22-74-26-28-75(29-27-74)23-20-57(79)76-24-18-45(19-25-76)46-12-14-50-55(34-46)73(7)72-60(50)51-15-17-56(78)69-64(51)80/h12-14,16,33-36,40-45,51H,9-11,15,17-20,22-30,32,37-39H2,1-8H3,(H,69,78,80). The molecule has 2 bridgehead atoms. The highest BCUT2D eigenvalue weighted by atomic mass is 28.3. The van der Waals surface area contributed by atoms with Crippen molar-refractivity contribution in [3.8, 4) is 34.5 Å². The van der Waals surface area contributed by atoms with Crippen molar-refractivity contribution in [3.63, 3.8) is 0 Å². The van der Waals surface area contributed by atoms with Gasteiger partial charge in [0.25, 0.3) is 0 Å². The first-order valence-electron chi connectivity index (χ1n) is 30.7. The summed E-state index contributed by atoms with van der Waals surface area (Å²) >= 11 is 0. The lowest BCUT2D eigenvalue weighted by Crippen LogP contribution is -2.48. The van der Waals surface area contributed by atoms with Crippen molar-refractivity contribution in [1.29, 1.82) is 0 Å². The van der Waals surface area contributed by atoms with E-state index >= 15 is 8.78 Å². The van der Waals surface area contributed by atoms with Gasteiger partial charge in [0.05, 0.1) is 34.7 Å². The molecule has 3 unspecified atom stereocenters. The number of anilines is 1. The molecular formula is C65H82F2N10O6Si. The van der Waals surface area contributed by atoms with Gasteiger partial charge in [-0.3, -0.25) is 29.4 Å². The van der Waals surface area contributed by atoms with Crippen LogP contribution in [0, 0.1) is 34.9 Å². The minimum Gasteiger partial charge on any atom is -0.468 e. The molecule has 84 heavy (non-hydrogen) atoms. The first-order chi connectivity index (χ1) is 40.5. The minimum atomic E-state index is -2.31. The number of hydrogen-bond donors (Lipinski definition) is 1. The number of ether oxygens (including phenoxy) is 3. The monoisotopic (exact) mass is 1160 g/mol. The molecule has 446 valence electrons. The maximum Gasteiger partial charge on any atom is 0.319 e. The fraction of sp³-hybridized carbons (Fsp3) is 0.554. The Morgan fingerprint density at radius 2 is 1.55 bits per heavy atom. The Balaban J connectivity index is 0.737. The van der Waals surface area contributed by atoms with Crippen molar-refractivity contribution < 1.29 is 37.4 Å². The number of aromatic nitrogens is 5. The van der Waals surface area contributed by atoms with Crippen LogP contribution in [0.1, 0.15) is 128 Å². The summed E-state index contributed by atoms with van der Waals surface area (Å²) in [4.78, 5) is 61.7. The molecule has 4 aliphatic heterocycles. The number of nitrogens with one attached hydrogen (secondary N) is 1. The number of hydrogen-bond acceptors (Lipinski definition) is 13. The van der Waals surface area contributed by atoms with E-state index in [0.29, 0.717) is 106 Å². The highest BCUT2D eigenvalue weighted by Gasteiger charge is 2.42. The number of rotatable bonds is 18. The Morgan fingerprint density at radius 3 is 2.24 bits per heavy atom. The van der Waals surface area contributed by atoms with E-state index in [1.54, 1.807) is 18.3 Å². The summed E-state index contributed by atoms with van der Waals surface area (Å²) < 4.78 is 53.8. The van der Waals surface area contributed by atoms with Crippen LogP contribution in [-0.2, 0) is 26.2 Å². The summed E-state index contributed by atoms with van der Waals surface area (Å²) in [5, 5.41) is 9.71. The third-order valence-corrected chi connectivity index (χ3v) is 25.5. The molecule has 3 aromatic heterocycles. The van der Waals surface area contributed by atoms with Crippen LogP contribution in [0.15, 0.2) is 48.7 Å². The Morgan fingerprint density at radius 1 is 0.833 bits per heavy atom. The fourth-order valence-electron chi connectivity index (χ4n) is 14.8. The van der Waals surface area contributed by atoms with Gasteiger partial charge in [0.15, 0.2) is 12.6 Å². The molecule has 11 rings (SSSR count). The van der Waals surface area contributed by atoms with E-state index in [4.69, 9.17) is 34.3 Å². The SMILES string of the molecule is COCOc1cc(-c2ncc3c(N4CC5CCC(C5)C4)nc(OCCCN4CCN(CCC(=O)N5CCC(c6ccc7c(C8CCC(=O)NC8=O)nn(C)c7c6)CC5)CC4)nc3c2F)c2c(C#C[Si](C(C)C)(C(C)C)C(C)C)c(F)ccc2c1. The number of piperidine rings is 3. The Kier molecular flexibility index (Phi) is 17.7. The minimum absolute atomic E-state index is 0.00399. The molecule has 5 aliphatic rings. The van der Waals surface area contributed by atoms with E-state index in [-0.39, 0.29) is 47.3 Å². The molecule has 1 N–H and O–H groups in total. The number of carbonyl (C=O) groups excluding carboxylic acids is 3. The molecule has 3 amide bonds. The van der Waals surface area contributed by atoms with Gasteiger partial charge in [-0.15, -0.1) is 5.54 Å². The number of methoxy groups -OCH3 is 1. The van der Waals surface area contributed by atoms with Gasteiger partial charge in [0.2, 0.25) is 17.7 Å². The number of likely N-dealkylation sites (tertiary alicyclic amines) is 1. The van der Waals surface area contributed by atoms with E-state index in [2.05, 4.69) is 91.2 Å². The molecule has 7 heterocycles. The molecule has 3 atom stereocenters. The van der Waals surface area contributed by atoms with Gasteiger partial charge in [0.1, 0.15) is 36.7 Å². The molecule has 16 nitrogen and oxygen atoms in total. The largest absolute Gasteiger partial charge is 0.468 e. The molecule has 0 spiro atoms. The van der Waals surface area contributed by atoms with Crippen LogP contribution in [0.3, 0.4) is 0 Å². The van der Waals surface area contributed by atoms with Crippen LogP contribution in [0.25, 0.3) is 43.8 Å². The normalized spacial score (nSPS) is 20.2. The number of amides is 3. The zero-order valence-corrected chi connectivity index (χ0v) is 51.2. The zero-order valence-electron chi connectivity index (χ0n) is 50.2. The number of imide groups is 1. The Bertz CT molecular complexity index is 3480. The van der Waals surface area contributed by atoms with E-state index in [1.807, 2.05) is 22.7 Å². The predicted molar refractivity (Wildman–Crippen MR) is 326 cm³/mol. The Labute approximate surface area is 493 Å². The van der Waals surface area contributed by atoms with Gasteiger partial charge in [-0.25, -0.2) is 8.78 Å². The molecule has 0 radical (unpaired) electrons. The third kappa shape index (κ3) is 12.0. The molecule has 3 aromatic carbocycles. The van der Waals surface area contributed by atoms with Crippen LogP contribution in [0.4, 0.5) is 14.6 Å². The summed E-state index contributed by atoms with van der Waals surface area (Å²) in [5.74, 6) is 3.91. The van der Waals surface area contributed by atoms with Crippen molar-refractivity contribution in [2.75, 3.05) is 90.9 Å². The van der Waals surface area contributed by atoms with Gasteiger partial charge >= 0.3 is 6.01 Å². The number of nitrogens with zero attached hydrogens (tertiary/aromatic N) is 9. The summed E-state index contributed by atoms with van der Waals surface area (Å²) in [6.07, 6.45) is 8.92. The summed E-state index contributed by atoms with van der Waals surface area (Å²) in [5.41, 5.74) is 8.22. The van der Waals surface area contributed by atoms with E-state index < -0.39 is 25.6 Å². The second-order valence-electron chi connectivity index (χ2n) is 25.2. The number of piperazine rings is 1. The van der Waals surface area contributed by atoms with Crippen molar-refractivity contribution in [3.05, 3.63) is 77.1 Å². The zero-order chi connectivity index (χ0) is 59.0. The highest BCUT2D eigenvalue weighted by molar-refractivity contribution is 6.90. The average molecular weight is 1170 g/mol. The lowest BCUT2D eigenvalue weighted by Gasteiger charge is -2.38. The van der Waals surface area contributed by atoms with Crippen molar-refractivity contribution in [2.24, 2.45) is 18.9 Å². The highest BCUT2D eigenvalue weighted by Crippen LogP contribution is 2.44. The maximum atomic E-state index is 17.9. The van der Waals surface area contributed by atoms with Gasteiger partial charge < -0.3 is 33.8 Å². The third-order valence-electron chi connectivity index (χ3n) is 19.2. The van der Waals surface area contributed by atoms with Crippen LogP contribution in [-0.4, -0.2) is 151 Å². The smallest absolute Gasteiger partial charge is 0.319 e. The molecule has 19 heteroatoms. The van der Waals surface area contributed by atoms with Crippen molar-refractivity contribution in [1.82, 2.24) is 44.7 Å². The van der Waals surface area contributed by atoms with Crippen molar-refractivity contribution in [2.45, 2.75) is 128 Å². The average Bonchev–Trinajstić information content (AvgIpc) is 2.39. The van der Waals surface area contributed by atoms with Gasteiger partial charge in [-0.05, 0) is 115 Å². The van der Waals surface area contributed by atoms with Crippen molar-refractivity contribution >= 4 is 64.2 Å². The maximum absolute atomic E-state index is 17.9. The fourth-order valence-corrected chi connectivity index (χ4v) is 20.0. The van der Waals surface area contributed by atoms with E-state index in [1.165, 1.54) is 25.2 Å². The molecule has 4 saturated heterocycles. The number of fused-ring (bicyclic) bond motifs is 5. The van der Waals surface area contributed by atoms with Crippen LogP contribution >= 0.6 is 0 Å². The van der Waals surface area contributed by atoms with Gasteiger partial charge in [-0.1, -0.05) is 65.7 Å². The quantitative estimate of drug-likeness (QED) is 0.0285. The first-order valence-corrected chi connectivity index (χ1v) is 32.9. The van der Waals surface area contributed by atoms with Gasteiger partial charge in [-0.2, -0.15) is 15.1 Å². The molecule has 5 fully saturated rings. The number of benzene rings is 3. The number of pyridine rings is 1. The lowest BCUT2D eigenvalue weighted by molar-refractivity contribution is -0.134. The molecule has 6 aromatic rings. The number of carbonyl (C=O) groups is 3. The molecule has 1 saturated carbocycles. The summed E-state index contributed by atoms with van der Waals surface area (Å²) in [7, 11) is 1.12. The number of aryl methyl sites for hydroxylation is 1. The van der Waals surface area contributed by atoms with Gasteiger partial charge in [0, 0.05) is 115 Å². The van der Waals surface area contributed by atoms with Crippen LogP contribution in [0.5, 0.6) is 11.8 Å². The first kappa shape index (κ1) is 59.1. The second kappa shape index (κ2) is 25.2. The summed E-state index contributed by atoms with van der Waals surface area (Å²) in [6, 6.07) is 13.1. The lowest BCUT2D eigenvalue weighted by atomic mass is 9.87. The summed E-state index contributed by atoms with van der Waals surface area (Å²) in [6.45, 7) is 21.7. The topological polar surface area (TPSA) is 160 Å². The Hall–Kier alpha value is -6.59. The molecular weight excluding hydrogens is 1080 g/mol. The number of halogens is 2. The second-order valence-corrected chi connectivity index (χ2v) is 30.8. The van der Waals surface area contributed by atoms with E-state index in [9.17, 15) is 14.4 Å². The van der Waals surface area contributed by atoms with Crippen LogP contribution < -0.4 is 19.7 Å². The predicted octanol–water partition coefficient (Wildman–Crippen LogP) is 10.5. The van der Waals surface area contributed by atoms with E-state index in [0.717, 1.165) is 102 Å².